The maximum absolute atomic E-state index is 11.1. The van der Waals surface area contributed by atoms with E-state index in [4.69, 9.17) is 5.73 Å². The zero-order valence-electron chi connectivity index (χ0n) is 10.7. The summed E-state index contributed by atoms with van der Waals surface area (Å²) in [5, 5.41) is 0. The summed E-state index contributed by atoms with van der Waals surface area (Å²) in [5.41, 5.74) is 6.91. The standard InChI is InChI=1S/C13H19NO2S2/c1-10-3-5-11(6-4-10)18-8-7-17-9-12(14)13(15)16-2/h3-6,12H,7-9,14H2,1-2H3. The van der Waals surface area contributed by atoms with Crippen molar-refractivity contribution in [2.45, 2.75) is 17.9 Å². The number of nitrogens with two attached hydrogens (primary N) is 1. The molecule has 0 amide bonds. The van der Waals surface area contributed by atoms with Gasteiger partial charge in [0, 0.05) is 22.2 Å². The van der Waals surface area contributed by atoms with Crippen molar-refractivity contribution in [3.8, 4) is 0 Å². The molecule has 0 aliphatic carbocycles. The molecule has 0 saturated carbocycles. The van der Waals surface area contributed by atoms with E-state index in [0.717, 1.165) is 11.5 Å². The van der Waals surface area contributed by atoms with Gasteiger partial charge in [0.25, 0.3) is 0 Å². The Morgan fingerprint density at radius 2 is 2.00 bits per heavy atom. The van der Waals surface area contributed by atoms with Crippen LogP contribution in [0.4, 0.5) is 0 Å². The van der Waals surface area contributed by atoms with Crippen LogP contribution in [0.5, 0.6) is 0 Å². The number of thioether (sulfide) groups is 2. The maximum atomic E-state index is 11.1. The quantitative estimate of drug-likeness (QED) is 0.473. The minimum absolute atomic E-state index is 0.339. The van der Waals surface area contributed by atoms with Crippen molar-refractivity contribution in [1.29, 1.82) is 0 Å². The van der Waals surface area contributed by atoms with Crippen molar-refractivity contribution in [2.24, 2.45) is 5.73 Å². The Kier molecular flexibility index (Phi) is 7.23. The molecular formula is C13H19NO2S2. The van der Waals surface area contributed by atoms with Crippen molar-refractivity contribution in [2.75, 3.05) is 24.4 Å². The lowest BCUT2D eigenvalue weighted by Crippen LogP contribution is -2.34. The molecule has 1 aromatic rings. The number of rotatable bonds is 7. The second-order valence-electron chi connectivity index (χ2n) is 3.87. The van der Waals surface area contributed by atoms with Crippen LogP contribution in [0.2, 0.25) is 0 Å². The molecule has 0 fully saturated rings. The van der Waals surface area contributed by atoms with E-state index >= 15 is 0 Å². The van der Waals surface area contributed by atoms with E-state index in [-0.39, 0.29) is 5.97 Å². The molecule has 100 valence electrons. The fourth-order valence-corrected chi connectivity index (χ4v) is 3.21. The van der Waals surface area contributed by atoms with Gasteiger partial charge < -0.3 is 10.5 Å². The van der Waals surface area contributed by atoms with Crippen LogP contribution in [-0.2, 0) is 9.53 Å². The topological polar surface area (TPSA) is 52.3 Å². The van der Waals surface area contributed by atoms with Gasteiger partial charge in [0.1, 0.15) is 6.04 Å². The molecule has 1 rings (SSSR count). The van der Waals surface area contributed by atoms with E-state index in [2.05, 4.69) is 35.9 Å². The normalized spacial score (nSPS) is 12.2. The van der Waals surface area contributed by atoms with Crippen LogP contribution in [0.15, 0.2) is 29.2 Å². The molecule has 1 atom stereocenters. The predicted octanol–water partition coefficient (Wildman–Crippen LogP) is 2.32. The van der Waals surface area contributed by atoms with Crippen LogP contribution in [0, 0.1) is 6.92 Å². The lowest BCUT2D eigenvalue weighted by atomic mass is 10.2. The van der Waals surface area contributed by atoms with Crippen LogP contribution >= 0.6 is 23.5 Å². The van der Waals surface area contributed by atoms with Crippen LogP contribution in [-0.4, -0.2) is 36.4 Å². The van der Waals surface area contributed by atoms with Crippen LogP contribution in [0.1, 0.15) is 5.56 Å². The molecule has 0 heterocycles. The summed E-state index contributed by atoms with van der Waals surface area (Å²) in [6.07, 6.45) is 0. The highest BCUT2D eigenvalue weighted by Crippen LogP contribution is 2.19. The zero-order valence-corrected chi connectivity index (χ0v) is 12.4. The predicted molar refractivity (Wildman–Crippen MR) is 79.2 cm³/mol. The van der Waals surface area contributed by atoms with E-state index in [1.807, 2.05) is 11.8 Å². The Balaban J connectivity index is 2.12. The van der Waals surface area contributed by atoms with Gasteiger partial charge in [0.05, 0.1) is 7.11 Å². The summed E-state index contributed by atoms with van der Waals surface area (Å²) in [6.45, 7) is 2.08. The van der Waals surface area contributed by atoms with Gasteiger partial charge in [-0.3, -0.25) is 4.79 Å². The number of carbonyl (C=O) groups is 1. The average molecular weight is 285 g/mol. The van der Waals surface area contributed by atoms with E-state index < -0.39 is 6.04 Å². The number of methoxy groups -OCH3 is 1. The second kappa shape index (κ2) is 8.45. The van der Waals surface area contributed by atoms with Crippen LogP contribution < -0.4 is 5.73 Å². The van der Waals surface area contributed by atoms with Gasteiger partial charge in [0.15, 0.2) is 0 Å². The number of carbonyl (C=O) groups excluding carboxylic acids is 1. The summed E-state index contributed by atoms with van der Waals surface area (Å²) in [5.74, 6) is 2.26. The molecule has 18 heavy (non-hydrogen) atoms. The first-order valence-electron chi connectivity index (χ1n) is 5.74. The fraction of sp³-hybridized carbons (Fsp3) is 0.462. The average Bonchev–Trinajstić information content (AvgIpc) is 2.39. The summed E-state index contributed by atoms with van der Waals surface area (Å²) in [6, 6.07) is 7.98. The lowest BCUT2D eigenvalue weighted by molar-refractivity contribution is -0.141. The van der Waals surface area contributed by atoms with Crippen molar-refractivity contribution >= 4 is 29.5 Å². The van der Waals surface area contributed by atoms with E-state index in [1.54, 1.807) is 11.8 Å². The smallest absolute Gasteiger partial charge is 0.323 e. The zero-order chi connectivity index (χ0) is 13.4. The third kappa shape index (κ3) is 5.80. The van der Waals surface area contributed by atoms with Crippen molar-refractivity contribution < 1.29 is 9.53 Å². The van der Waals surface area contributed by atoms with Gasteiger partial charge >= 0.3 is 5.97 Å². The number of hydrogen-bond acceptors (Lipinski definition) is 5. The highest BCUT2D eigenvalue weighted by Gasteiger charge is 2.12. The minimum Gasteiger partial charge on any atom is -0.468 e. The highest BCUT2D eigenvalue weighted by molar-refractivity contribution is 8.03. The highest BCUT2D eigenvalue weighted by atomic mass is 32.2. The first-order valence-corrected chi connectivity index (χ1v) is 7.88. The van der Waals surface area contributed by atoms with E-state index in [9.17, 15) is 4.79 Å². The van der Waals surface area contributed by atoms with Gasteiger partial charge in [-0.15, -0.1) is 11.8 Å². The number of hydrogen-bond donors (Lipinski definition) is 1. The second-order valence-corrected chi connectivity index (χ2v) is 6.18. The molecule has 2 N–H and O–H groups in total. The Hall–Kier alpha value is -0.650. The Morgan fingerprint density at radius 1 is 1.33 bits per heavy atom. The molecule has 1 aromatic carbocycles. The summed E-state index contributed by atoms with van der Waals surface area (Å²) < 4.78 is 4.57. The summed E-state index contributed by atoms with van der Waals surface area (Å²) in [7, 11) is 1.36. The largest absolute Gasteiger partial charge is 0.468 e. The first kappa shape index (κ1) is 15.4. The van der Waals surface area contributed by atoms with Gasteiger partial charge in [-0.1, -0.05) is 17.7 Å². The maximum Gasteiger partial charge on any atom is 0.323 e. The molecule has 0 aliphatic rings. The van der Waals surface area contributed by atoms with E-state index in [1.165, 1.54) is 17.6 Å². The molecule has 0 saturated heterocycles. The summed E-state index contributed by atoms with van der Waals surface area (Å²) in [4.78, 5) is 12.3. The molecule has 1 unspecified atom stereocenters. The molecular weight excluding hydrogens is 266 g/mol. The van der Waals surface area contributed by atoms with Gasteiger partial charge in [0.2, 0.25) is 0 Å². The van der Waals surface area contributed by atoms with Crippen molar-refractivity contribution in [1.82, 2.24) is 0 Å². The molecule has 3 nitrogen and oxygen atoms in total. The Bertz CT molecular complexity index is 368. The molecule has 0 aliphatic heterocycles. The number of benzene rings is 1. The SMILES string of the molecule is COC(=O)C(N)CSCCSc1ccc(C)cc1. The van der Waals surface area contributed by atoms with E-state index in [0.29, 0.717) is 5.75 Å². The van der Waals surface area contributed by atoms with Gasteiger partial charge in [-0.05, 0) is 19.1 Å². The van der Waals surface area contributed by atoms with Crippen LogP contribution in [0.25, 0.3) is 0 Å². The Labute approximate surface area is 117 Å². The van der Waals surface area contributed by atoms with Crippen LogP contribution in [0.3, 0.4) is 0 Å². The number of aryl methyl sites for hydroxylation is 1. The molecule has 0 radical (unpaired) electrons. The van der Waals surface area contributed by atoms with Crippen molar-refractivity contribution in [3.05, 3.63) is 29.8 Å². The third-order valence-electron chi connectivity index (χ3n) is 2.32. The van der Waals surface area contributed by atoms with Gasteiger partial charge in [-0.2, -0.15) is 11.8 Å². The minimum atomic E-state index is -0.510. The monoisotopic (exact) mass is 285 g/mol. The first-order chi connectivity index (χ1) is 8.63. The molecule has 0 spiro atoms. The lowest BCUT2D eigenvalue weighted by Gasteiger charge is -2.08. The molecule has 0 bridgehead atoms. The fourth-order valence-electron chi connectivity index (χ4n) is 1.28. The van der Waals surface area contributed by atoms with Gasteiger partial charge in [-0.25, -0.2) is 0 Å². The van der Waals surface area contributed by atoms with Crippen molar-refractivity contribution in [3.63, 3.8) is 0 Å². The summed E-state index contributed by atoms with van der Waals surface area (Å²) >= 11 is 3.50. The molecule has 5 heteroatoms. The Morgan fingerprint density at radius 3 is 2.61 bits per heavy atom. The number of esters is 1. The third-order valence-corrected chi connectivity index (χ3v) is 4.68. The number of ether oxygens (including phenoxy) is 1. The molecule has 0 aromatic heterocycles.